The molecule has 3 aromatic rings. The lowest BCUT2D eigenvalue weighted by molar-refractivity contribution is 0.419. The number of rotatable bonds is 2. The molecule has 1 aromatic heterocycles. The normalized spacial score (nSPS) is 10.8. The second kappa shape index (κ2) is 4.39. The quantitative estimate of drug-likeness (QED) is 0.719. The minimum absolute atomic E-state index is 0.734. The van der Waals surface area contributed by atoms with Gasteiger partial charge in [-0.1, -0.05) is 35.9 Å². The van der Waals surface area contributed by atoms with E-state index in [9.17, 15) is 0 Å². The summed E-state index contributed by atoms with van der Waals surface area (Å²) in [7, 11) is 1.68. The fourth-order valence-corrected chi connectivity index (χ4v) is 2.30. The topological polar surface area (TPSA) is 25.0 Å². The fraction of sp³-hybridized carbons (Fsp3) is 0.0667. The molecule has 0 aliphatic heterocycles. The zero-order valence-corrected chi connectivity index (χ0v) is 10.7. The van der Waals surface area contributed by atoms with Crippen LogP contribution in [0.3, 0.4) is 0 Å². The molecule has 0 bridgehead atoms. The summed E-state index contributed by atoms with van der Waals surface area (Å²) in [5.74, 6) is 0.848. The summed E-state index contributed by atoms with van der Waals surface area (Å²) in [6.45, 7) is 0. The van der Waals surface area contributed by atoms with E-state index in [2.05, 4.69) is 17.1 Å². The van der Waals surface area contributed by atoms with Crippen LogP contribution in [0, 0.1) is 0 Å². The monoisotopic (exact) mass is 257 g/mol. The molecular weight excluding hydrogens is 246 g/mol. The molecule has 2 aromatic carbocycles. The second-order valence-corrected chi connectivity index (χ2v) is 4.55. The Morgan fingerprint density at radius 2 is 1.89 bits per heavy atom. The predicted molar refractivity (Wildman–Crippen MR) is 75.3 cm³/mol. The van der Waals surface area contributed by atoms with Crippen LogP contribution in [0.25, 0.3) is 22.2 Å². The average Bonchev–Trinajstić information content (AvgIpc) is 2.82. The van der Waals surface area contributed by atoms with Crippen molar-refractivity contribution in [2.45, 2.75) is 0 Å². The molecule has 0 fully saturated rings. The minimum atomic E-state index is 0.734. The van der Waals surface area contributed by atoms with Crippen molar-refractivity contribution in [1.82, 2.24) is 4.98 Å². The number of nitrogens with one attached hydrogen (secondary N) is 1. The number of hydrogen-bond acceptors (Lipinski definition) is 1. The summed E-state index contributed by atoms with van der Waals surface area (Å²) in [5.41, 5.74) is 3.12. The molecule has 1 N–H and O–H groups in total. The van der Waals surface area contributed by atoms with E-state index in [0.29, 0.717) is 0 Å². The third-order valence-corrected chi connectivity index (χ3v) is 3.21. The lowest BCUT2D eigenvalue weighted by Crippen LogP contribution is -1.83. The molecule has 0 saturated carbocycles. The standard InChI is InChI=1S/C15H12ClNO/c1-18-14-7-3-5-11-9-13(17-15(11)14)10-4-2-6-12(16)8-10/h2-9,17H,1H3. The fourth-order valence-electron chi connectivity index (χ4n) is 2.11. The van der Waals surface area contributed by atoms with Crippen LogP contribution in [0.4, 0.5) is 0 Å². The number of H-pyrrole nitrogens is 1. The SMILES string of the molecule is COc1cccc2cc(-c3cccc(Cl)c3)[nH]c12. The van der Waals surface area contributed by atoms with Gasteiger partial charge in [0, 0.05) is 16.1 Å². The van der Waals surface area contributed by atoms with Crippen LogP contribution in [-0.4, -0.2) is 12.1 Å². The second-order valence-electron chi connectivity index (χ2n) is 4.12. The van der Waals surface area contributed by atoms with Crippen LogP contribution < -0.4 is 4.74 Å². The molecule has 2 nitrogen and oxygen atoms in total. The highest BCUT2D eigenvalue weighted by atomic mass is 35.5. The van der Waals surface area contributed by atoms with Gasteiger partial charge in [-0.05, 0) is 29.8 Å². The number of halogens is 1. The number of aromatic nitrogens is 1. The van der Waals surface area contributed by atoms with E-state index in [4.69, 9.17) is 16.3 Å². The van der Waals surface area contributed by atoms with Gasteiger partial charge in [0.15, 0.2) is 0 Å². The van der Waals surface area contributed by atoms with Crippen molar-refractivity contribution in [3.05, 3.63) is 53.6 Å². The smallest absolute Gasteiger partial charge is 0.142 e. The summed E-state index contributed by atoms with van der Waals surface area (Å²) in [5, 5.41) is 1.86. The molecule has 90 valence electrons. The van der Waals surface area contributed by atoms with Gasteiger partial charge in [0.2, 0.25) is 0 Å². The summed E-state index contributed by atoms with van der Waals surface area (Å²) in [6, 6.07) is 15.9. The van der Waals surface area contributed by atoms with Crippen molar-refractivity contribution in [1.29, 1.82) is 0 Å². The van der Waals surface area contributed by atoms with E-state index in [1.54, 1.807) is 7.11 Å². The Bertz CT molecular complexity index is 703. The maximum atomic E-state index is 6.01. The number of fused-ring (bicyclic) bond motifs is 1. The number of hydrogen-bond donors (Lipinski definition) is 1. The van der Waals surface area contributed by atoms with E-state index < -0.39 is 0 Å². The van der Waals surface area contributed by atoms with E-state index in [-0.39, 0.29) is 0 Å². The Labute approximate surface area is 110 Å². The molecule has 0 aliphatic carbocycles. The van der Waals surface area contributed by atoms with Gasteiger partial charge >= 0.3 is 0 Å². The highest BCUT2D eigenvalue weighted by Crippen LogP contribution is 2.30. The molecule has 0 unspecified atom stereocenters. The summed E-state index contributed by atoms with van der Waals surface area (Å²) < 4.78 is 5.34. The van der Waals surface area contributed by atoms with Gasteiger partial charge in [-0.3, -0.25) is 0 Å². The van der Waals surface area contributed by atoms with E-state index in [0.717, 1.165) is 32.9 Å². The van der Waals surface area contributed by atoms with Crippen LogP contribution in [0.5, 0.6) is 5.75 Å². The van der Waals surface area contributed by atoms with Crippen LogP contribution in [0.2, 0.25) is 5.02 Å². The van der Waals surface area contributed by atoms with Gasteiger partial charge in [-0.25, -0.2) is 0 Å². The zero-order chi connectivity index (χ0) is 12.5. The van der Waals surface area contributed by atoms with Crippen LogP contribution in [-0.2, 0) is 0 Å². The van der Waals surface area contributed by atoms with Crippen molar-refractivity contribution < 1.29 is 4.74 Å². The first-order chi connectivity index (χ1) is 8.78. The maximum absolute atomic E-state index is 6.01. The van der Waals surface area contributed by atoms with Gasteiger partial charge in [-0.2, -0.15) is 0 Å². The van der Waals surface area contributed by atoms with Crippen LogP contribution >= 0.6 is 11.6 Å². The largest absolute Gasteiger partial charge is 0.495 e. The van der Waals surface area contributed by atoms with E-state index in [1.807, 2.05) is 36.4 Å². The van der Waals surface area contributed by atoms with Crippen molar-refractivity contribution in [2.75, 3.05) is 7.11 Å². The Kier molecular flexibility index (Phi) is 2.73. The molecular formula is C15H12ClNO. The highest BCUT2D eigenvalue weighted by Gasteiger charge is 2.07. The predicted octanol–water partition coefficient (Wildman–Crippen LogP) is 4.50. The molecule has 0 spiro atoms. The molecule has 3 rings (SSSR count). The first kappa shape index (κ1) is 11.2. The Balaban J connectivity index is 2.19. The van der Waals surface area contributed by atoms with E-state index >= 15 is 0 Å². The van der Waals surface area contributed by atoms with Gasteiger partial charge < -0.3 is 9.72 Å². The lowest BCUT2D eigenvalue weighted by atomic mass is 10.1. The first-order valence-corrected chi connectivity index (χ1v) is 6.07. The number of benzene rings is 2. The number of methoxy groups -OCH3 is 1. The number of ether oxygens (including phenoxy) is 1. The van der Waals surface area contributed by atoms with Gasteiger partial charge in [0.05, 0.1) is 12.6 Å². The molecule has 1 heterocycles. The molecule has 0 atom stereocenters. The average molecular weight is 258 g/mol. The molecule has 0 aliphatic rings. The van der Waals surface area contributed by atoms with Crippen LogP contribution in [0.1, 0.15) is 0 Å². The Morgan fingerprint density at radius 3 is 2.67 bits per heavy atom. The summed E-state index contributed by atoms with van der Waals surface area (Å²) in [6.07, 6.45) is 0. The van der Waals surface area contributed by atoms with Crippen molar-refractivity contribution in [2.24, 2.45) is 0 Å². The third kappa shape index (κ3) is 1.85. The van der Waals surface area contributed by atoms with Gasteiger partial charge in [0.25, 0.3) is 0 Å². The Morgan fingerprint density at radius 1 is 1.06 bits per heavy atom. The molecule has 18 heavy (non-hydrogen) atoms. The van der Waals surface area contributed by atoms with Gasteiger partial charge in [0.1, 0.15) is 5.75 Å². The Hall–Kier alpha value is -1.93. The van der Waals surface area contributed by atoms with Gasteiger partial charge in [-0.15, -0.1) is 0 Å². The first-order valence-electron chi connectivity index (χ1n) is 5.69. The summed E-state index contributed by atoms with van der Waals surface area (Å²) >= 11 is 6.01. The lowest BCUT2D eigenvalue weighted by Gasteiger charge is -2.00. The maximum Gasteiger partial charge on any atom is 0.142 e. The van der Waals surface area contributed by atoms with Crippen molar-refractivity contribution in [3.63, 3.8) is 0 Å². The number of para-hydroxylation sites is 1. The molecule has 0 saturated heterocycles. The molecule has 0 radical (unpaired) electrons. The molecule has 0 amide bonds. The van der Waals surface area contributed by atoms with E-state index in [1.165, 1.54) is 0 Å². The van der Waals surface area contributed by atoms with Crippen LogP contribution in [0.15, 0.2) is 48.5 Å². The molecule has 3 heteroatoms. The minimum Gasteiger partial charge on any atom is -0.495 e. The van der Waals surface area contributed by atoms with Crippen molar-refractivity contribution in [3.8, 4) is 17.0 Å². The summed E-state index contributed by atoms with van der Waals surface area (Å²) in [4.78, 5) is 3.37. The van der Waals surface area contributed by atoms with Crippen molar-refractivity contribution >= 4 is 22.5 Å². The third-order valence-electron chi connectivity index (χ3n) is 2.97. The zero-order valence-electron chi connectivity index (χ0n) is 9.91. The highest BCUT2D eigenvalue weighted by molar-refractivity contribution is 6.30. The number of aromatic amines is 1.